The number of halogens is 3. The van der Waals surface area contributed by atoms with Crippen LogP contribution in [0.1, 0.15) is 5.56 Å². The lowest BCUT2D eigenvalue weighted by Crippen LogP contribution is -2.46. The van der Waals surface area contributed by atoms with Crippen LogP contribution in [-0.2, 0) is 0 Å². The molecule has 1 fully saturated rings. The van der Waals surface area contributed by atoms with Gasteiger partial charge < -0.3 is 14.2 Å². The normalized spacial score (nSPS) is 15.2. The molecule has 3 heterocycles. The maximum Gasteiger partial charge on any atom is 0.148 e. The zero-order chi connectivity index (χ0) is 17.6. The lowest BCUT2D eigenvalue weighted by atomic mass is 10.2. The molecule has 2 aromatic heterocycles. The Bertz CT molecular complexity index is 929. The fourth-order valence-electron chi connectivity index (χ4n) is 3.28. The summed E-state index contributed by atoms with van der Waals surface area (Å²) in [7, 11) is 0. The Morgan fingerprint density at radius 2 is 1.60 bits per heavy atom. The molecule has 7 heteroatoms. The lowest BCUT2D eigenvalue weighted by molar-refractivity contribution is 0.649. The van der Waals surface area contributed by atoms with Crippen molar-refractivity contribution in [3.05, 3.63) is 57.3 Å². The topological polar surface area (TPSA) is 23.8 Å². The van der Waals surface area contributed by atoms with Gasteiger partial charge in [-0.1, -0.05) is 34.8 Å². The maximum atomic E-state index is 6.33. The van der Waals surface area contributed by atoms with E-state index in [-0.39, 0.29) is 0 Å². The molecule has 3 aromatic rings. The zero-order valence-electron chi connectivity index (χ0n) is 13.7. The van der Waals surface area contributed by atoms with Crippen molar-refractivity contribution in [2.24, 2.45) is 0 Å². The highest BCUT2D eigenvalue weighted by atomic mass is 35.5. The lowest BCUT2D eigenvalue weighted by Gasteiger charge is -2.36. The van der Waals surface area contributed by atoms with E-state index >= 15 is 0 Å². The molecule has 0 unspecified atom stereocenters. The standard InChI is InChI=1S/C18H17Cl3N4/c1-12-8-14(20)10-25-11-17(22-18(12)25)24-6-4-23(5-7-24)16-3-2-13(19)9-15(16)21/h2-3,8-11H,4-7H2,1H3. The SMILES string of the molecule is Cc1cc(Cl)cn2cc(N3CCN(c4ccc(Cl)cc4Cl)CC3)nc12. The van der Waals surface area contributed by atoms with Crippen molar-refractivity contribution < 1.29 is 0 Å². The van der Waals surface area contributed by atoms with Crippen molar-refractivity contribution in [1.29, 1.82) is 0 Å². The van der Waals surface area contributed by atoms with Crippen molar-refractivity contribution in [3.63, 3.8) is 0 Å². The number of benzene rings is 1. The Morgan fingerprint density at radius 3 is 2.32 bits per heavy atom. The van der Waals surface area contributed by atoms with Crippen LogP contribution in [0.3, 0.4) is 0 Å². The van der Waals surface area contributed by atoms with E-state index in [4.69, 9.17) is 39.8 Å². The third kappa shape index (κ3) is 3.26. The summed E-state index contributed by atoms with van der Waals surface area (Å²) in [6.07, 6.45) is 3.93. The van der Waals surface area contributed by atoms with Gasteiger partial charge in [-0.05, 0) is 36.8 Å². The monoisotopic (exact) mass is 394 g/mol. The third-order valence-electron chi connectivity index (χ3n) is 4.54. The predicted octanol–water partition coefficient (Wildman–Crippen LogP) is 4.93. The number of hydrogen-bond acceptors (Lipinski definition) is 3. The quantitative estimate of drug-likeness (QED) is 0.615. The van der Waals surface area contributed by atoms with Gasteiger partial charge in [-0.25, -0.2) is 4.98 Å². The Kier molecular flexibility index (Phi) is 4.44. The highest BCUT2D eigenvalue weighted by molar-refractivity contribution is 6.36. The van der Waals surface area contributed by atoms with Gasteiger partial charge in [0.15, 0.2) is 0 Å². The summed E-state index contributed by atoms with van der Waals surface area (Å²) in [6.45, 7) is 5.56. The van der Waals surface area contributed by atoms with E-state index in [2.05, 4.69) is 9.80 Å². The van der Waals surface area contributed by atoms with Crippen LogP contribution in [0.25, 0.3) is 5.65 Å². The first-order valence-electron chi connectivity index (χ1n) is 8.11. The van der Waals surface area contributed by atoms with E-state index in [1.54, 1.807) is 6.07 Å². The van der Waals surface area contributed by atoms with Gasteiger partial charge in [0.1, 0.15) is 11.5 Å². The average molecular weight is 396 g/mol. The fraction of sp³-hybridized carbons (Fsp3) is 0.278. The number of imidazole rings is 1. The maximum absolute atomic E-state index is 6.33. The van der Waals surface area contributed by atoms with Gasteiger partial charge in [-0.2, -0.15) is 0 Å². The summed E-state index contributed by atoms with van der Waals surface area (Å²) in [6, 6.07) is 7.59. The molecule has 1 aliphatic heterocycles. The van der Waals surface area contributed by atoms with Crippen LogP contribution in [0.5, 0.6) is 0 Å². The van der Waals surface area contributed by atoms with E-state index in [0.29, 0.717) is 10.0 Å². The van der Waals surface area contributed by atoms with Crippen LogP contribution in [0.2, 0.25) is 15.1 Å². The van der Waals surface area contributed by atoms with Crippen LogP contribution in [0, 0.1) is 6.92 Å². The molecule has 0 N–H and O–H groups in total. The summed E-state index contributed by atoms with van der Waals surface area (Å²) >= 11 is 18.5. The molecule has 25 heavy (non-hydrogen) atoms. The first-order chi connectivity index (χ1) is 12.0. The van der Waals surface area contributed by atoms with E-state index in [9.17, 15) is 0 Å². The Morgan fingerprint density at radius 1 is 0.880 bits per heavy atom. The molecule has 0 aliphatic carbocycles. The molecule has 130 valence electrons. The van der Waals surface area contributed by atoms with Crippen molar-refractivity contribution in [2.75, 3.05) is 36.0 Å². The Balaban J connectivity index is 1.53. The van der Waals surface area contributed by atoms with E-state index in [1.807, 2.05) is 41.9 Å². The summed E-state index contributed by atoms with van der Waals surface area (Å²) in [5, 5.41) is 2.07. The minimum atomic E-state index is 0.658. The van der Waals surface area contributed by atoms with Crippen LogP contribution in [-0.4, -0.2) is 35.6 Å². The second-order valence-electron chi connectivity index (χ2n) is 6.24. The Labute approximate surface area is 161 Å². The second-order valence-corrected chi connectivity index (χ2v) is 7.52. The molecular formula is C18H17Cl3N4. The summed E-state index contributed by atoms with van der Waals surface area (Å²) in [5.74, 6) is 0.979. The van der Waals surface area contributed by atoms with Crippen molar-refractivity contribution >= 4 is 52.0 Å². The molecule has 0 spiro atoms. The molecule has 0 radical (unpaired) electrons. The minimum Gasteiger partial charge on any atom is -0.367 e. The van der Waals surface area contributed by atoms with Crippen molar-refractivity contribution in [2.45, 2.75) is 6.92 Å². The number of anilines is 2. The number of fused-ring (bicyclic) bond motifs is 1. The highest BCUT2D eigenvalue weighted by Crippen LogP contribution is 2.30. The van der Waals surface area contributed by atoms with Gasteiger partial charge in [0.2, 0.25) is 0 Å². The zero-order valence-corrected chi connectivity index (χ0v) is 16.0. The molecule has 4 rings (SSSR count). The van der Waals surface area contributed by atoms with Gasteiger partial charge >= 0.3 is 0 Å². The average Bonchev–Trinajstić information content (AvgIpc) is 2.99. The van der Waals surface area contributed by atoms with E-state index < -0.39 is 0 Å². The van der Waals surface area contributed by atoms with E-state index in [1.165, 1.54) is 0 Å². The van der Waals surface area contributed by atoms with Crippen molar-refractivity contribution in [3.8, 4) is 0 Å². The first-order valence-corrected chi connectivity index (χ1v) is 9.24. The van der Waals surface area contributed by atoms with Crippen LogP contribution < -0.4 is 9.80 Å². The number of hydrogen-bond donors (Lipinski definition) is 0. The first kappa shape index (κ1) is 16.8. The molecule has 0 atom stereocenters. The molecule has 1 aromatic carbocycles. The molecule has 1 aliphatic rings. The predicted molar refractivity (Wildman–Crippen MR) is 106 cm³/mol. The van der Waals surface area contributed by atoms with Gasteiger partial charge in [0, 0.05) is 37.4 Å². The number of nitrogens with zero attached hydrogens (tertiary/aromatic N) is 4. The molecule has 0 amide bonds. The number of piperazine rings is 1. The summed E-state index contributed by atoms with van der Waals surface area (Å²) in [5.41, 5.74) is 3.05. The Hall–Kier alpha value is -1.62. The van der Waals surface area contributed by atoms with Crippen LogP contribution >= 0.6 is 34.8 Å². The minimum absolute atomic E-state index is 0.658. The smallest absolute Gasteiger partial charge is 0.148 e. The van der Waals surface area contributed by atoms with Gasteiger partial charge in [0.25, 0.3) is 0 Å². The fourth-order valence-corrected chi connectivity index (χ4v) is 4.08. The van der Waals surface area contributed by atoms with Gasteiger partial charge in [0.05, 0.1) is 21.9 Å². The second kappa shape index (κ2) is 6.60. The molecular weight excluding hydrogens is 379 g/mol. The van der Waals surface area contributed by atoms with E-state index in [0.717, 1.165) is 53.9 Å². The summed E-state index contributed by atoms with van der Waals surface area (Å²) < 4.78 is 2.00. The van der Waals surface area contributed by atoms with Gasteiger partial charge in [-0.15, -0.1) is 0 Å². The van der Waals surface area contributed by atoms with Crippen LogP contribution in [0.15, 0.2) is 36.7 Å². The number of pyridine rings is 1. The summed E-state index contributed by atoms with van der Waals surface area (Å²) in [4.78, 5) is 9.35. The van der Waals surface area contributed by atoms with Gasteiger partial charge in [-0.3, -0.25) is 0 Å². The molecule has 4 nitrogen and oxygen atoms in total. The third-order valence-corrected chi connectivity index (χ3v) is 5.29. The van der Waals surface area contributed by atoms with Crippen LogP contribution in [0.4, 0.5) is 11.5 Å². The highest BCUT2D eigenvalue weighted by Gasteiger charge is 2.21. The largest absolute Gasteiger partial charge is 0.367 e. The molecule has 1 saturated heterocycles. The van der Waals surface area contributed by atoms with Crippen molar-refractivity contribution in [1.82, 2.24) is 9.38 Å². The number of aryl methyl sites for hydroxylation is 1. The molecule has 0 bridgehead atoms. The molecule has 0 saturated carbocycles. The number of rotatable bonds is 2. The number of aromatic nitrogens is 2.